The van der Waals surface area contributed by atoms with Crippen LogP contribution in [0.1, 0.15) is 22.3 Å². The lowest BCUT2D eigenvalue weighted by Gasteiger charge is -2.50. The van der Waals surface area contributed by atoms with E-state index in [0.717, 1.165) is 0 Å². The first-order chi connectivity index (χ1) is 14.4. The molecule has 1 amide bonds. The zero-order valence-corrected chi connectivity index (χ0v) is 16.9. The zero-order chi connectivity index (χ0) is 23.0. The van der Waals surface area contributed by atoms with Crippen molar-refractivity contribution in [1.29, 1.82) is 0 Å². The number of ketones is 2. The largest absolute Gasteiger partial charge is 0.510 e. The maximum Gasteiger partial charge on any atom is 0.255 e. The van der Waals surface area contributed by atoms with Crippen LogP contribution in [0.25, 0.3) is 0 Å². The summed E-state index contributed by atoms with van der Waals surface area (Å²) in [6, 6.07) is 1.70. The molecule has 3 aliphatic carbocycles. The molecule has 0 radical (unpaired) electrons. The van der Waals surface area contributed by atoms with Gasteiger partial charge in [-0.3, -0.25) is 19.3 Å². The maximum atomic E-state index is 13.2. The average Bonchev–Trinajstić information content (AvgIpc) is 2.67. The Labute approximate surface area is 177 Å². The van der Waals surface area contributed by atoms with Crippen LogP contribution in [0.5, 0.6) is 5.75 Å². The van der Waals surface area contributed by atoms with E-state index in [1.54, 1.807) is 14.1 Å². The highest BCUT2D eigenvalue weighted by molar-refractivity contribution is 6.24. The fourth-order valence-corrected chi connectivity index (χ4v) is 5.27. The monoisotopic (exact) mass is 429 g/mol. The summed E-state index contributed by atoms with van der Waals surface area (Å²) >= 11 is 0. The molecule has 1 aromatic carbocycles. The van der Waals surface area contributed by atoms with E-state index in [1.165, 1.54) is 17.0 Å². The van der Waals surface area contributed by atoms with Gasteiger partial charge in [0.05, 0.1) is 11.6 Å². The molecule has 31 heavy (non-hydrogen) atoms. The Hall–Kier alpha value is -3.37. The van der Waals surface area contributed by atoms with Gasteiger partial charge in [-0.1, -0.05) is 0 Å². The Morgan fingerprint density at radius 1 is 1.19 bits per heavy atom. The van der Waals surface area contributed by atoms with Gasteiger partial charge in [0.15, 0.2) is 11.4 Å². The van der Waals surface area contributed by atoms with Crippen molar-refractivity contribution in [3.8, 4) is 5.75 Å². The van der Waals surface area contributed by atoms with E-state index in [9.17, 15) is 34.8 Å². The molecule has 3 aliphatic rings. The lowest BCUT2D eigenvalue weighted by molar-refractivity contribution is -0.148. The van der Waals surface area contributed by atoms with Crippen LogP contribution in [0, 0.1) is 11.8 Å². The third-order valence-electron chi connectivity index (χ3n) is 6.64. The number of aliphatic hydroxyl groups is 3. The van der Waals surface area contributed by atoms with Crippen LogP contribution in [0.15, 0.2) is 34.8 Å². The third kappa shape index (κ3) is 2.55. The highest BCUT2D eigenvalue weighted by atomic mass is 16.3. The number of allylic oxidation sites excluding steroid dienone is 1. The molecule has 0 spiro atoms. The van der Waals surface area contributed by atoms with Crippen molar-refractivity contribution in [2.24, 2.45) is 17.6 Å². The first kappa shape index (κ1) is 20.9. The van der Waals surface area contributed by atoms with Crippen LogP contribution in [0.3, 0.4) is 0 Å². The molecular weight excluding hydrogens is 406 g/mol. The van der Waals surface area contributed by atoms with E-state index in [-0.39, 0.29) is 29.7 Å². The van der Waals surface area contributed by atoms with Crippen molar-refractivity contribution >= 4 is 23.2 Å². The van der Waals surface area contributed by atoms with Crippen LogP contribution in [-0.2, 0) is 16.0 Å². The topological polar surface area (TPSA) is 187 Å². The second-order valence-corrected chi connectivity index (χ2v) is 8.49. The number of anilines is 1. The number of nitrogens with zero attached hydrogens (tertiary/aromatic N) is 1. The van der Waals surface area contributed by atoms with Crippen LogP contribution in [0.2, 0.25) is 0 Å². The number of benzene rings is 1. The Morgan fingerprint density at radius 2 is 1.84 bits per heavy atom. The van der Waals surface area contributed by atoms with Gasteiger partial charge in [0, 0.05) is 17.2 Å². The fourth-order valence-electron chi connectivity index (χ4n) is 5.27. The van der Waals surface area contributed by atoms with Crippen molar-refractivity contribution in [2.45, 2.75) is 24.5 Å². The van der Waals surface area contributed by atoms with Crippen LogP contribution < -0.4 is 11.5 Å². The van der Waals surface area contributed by atoms with E-state index >= 15 is 0 Å². The number of phenolic OH excluding ortho intramolecular Hbond substituents is 1. The summed E-state index contributed by atoms with van der Waals surface area (Å²) in [5, 5.41) is 43.4. The van der Waals surface area contributed by atoms with Gasteiger partial charge in [0.2, 0.25) is 5.78 Å². The maximum absolute atomic E-state index is 13.2. The number of nitrogens with two attached hydrogens (primary N) is 2. The molecule has 0 heterocycles. The number of carbonyl (C=O) groups excluding carboxylic acids is 3. The van der Waals surface area contributed by atoms with E-state index in [1.807, 2.05) is 0 Å². The highest BCUT2D eigenvalue weighted by Crippen LogP contribution is 2.52. The predicted octanol–water partition coefficient (Wildman–Crippen LogP) is -0.297. The number of phenols is 1. The summed E-state index contributed by atoms with van der Waals surface area (Å²) in [7, 11) is 3.15. The quantitative estimate of drug-likeness (QED) is 0.208. The molecule has 10 heteroatoms. The number of likely N-dealkylation sites (N-methyl/N-ethyl adjacent to an activating group) is 1. The number of hydrogen-bond donors (Lipinski definition) is 6. The van der Waals surface area contributed by atoms with E-state index in [0.29, 0.717) is 11.3 Å². The molecule has 0 aliphatic heterocycles. The van der Waals surface area contributed by atoms with Crippen LogP contribution in [0.4, 0.5) is 5.69 Å². The number of carbonyl (C=O) groups is 3. The molecule has 0 aromatic heterocycles. The number of rotatable bonds is 2. The zero-order valence-electron chi connectivity index (χ0n) is 16.9. The number of nitrogen functional groups attached to an aromatic ring is 1. The Morgan fingerprint density at radius 3 is 2.42 bits per heavy atom. The molecule has 0 unspecified atom stereocenters. The first-order valence-electron chi connectivity index (χ1n) is 9.68. The second-order valence-electron chi connectivity index (χ2n) is 8.49. The van der Waals surface area contributed by atoms with Crippen LogP contribution in [-0.4, -0.2) is 68.5 Å². The number of Topliss-reactive ketones (excluding diaryl/α,β-unsaturated/α-hetero) is 2. The lowest BCUT2D eigenvalue weighted by atomic mass is 9.58. The SMILES string of the molecule is CN(C)[C@@H]1C(O)=C(C(N)=O)C(=O)[C@@]2(O)C(O)=C3C(=O)c4c(O)ccc(N)c4C[C@H]3C[C@@H]12. The normalized spacial score (nSPS) is 30.3. The average molecular weight is 429 g/mol. The van der Waals surface area contributed by atoms with Crippen molar-refractivity contribution in [1.82, 2.24) is 4.90 Å². The minimum Gasteiger partial charge on any atom is -0.510 e. The van der Waals surface area contributed by atoms with Gasteiger partial charge in [0.1, 0.15) is 22.8 Å². The van der Waals surface area contributed by atoms with E-state index in [2.05, 4.69) is 0 Å². The summed E-state index contributed by atoms with van der Waals surface area (Å²) < 4.78 is 0. The van der Waals surface area contributed by atoms with Gasteiger partial charge in [-0.05, 0) is 50.6 Å². The van der Waals surface area contributed by atoms with Gasteiger partial charge in [0.25, 0.3) is 5.91 Å². The first-order valence-corrected chi connectivity index (χ1v) is 9.68. The minimum absolute atomic E-state index is 0.0286. The molecule has 8 N–H and O–H groups in total. The number of amides is 1. The second kappa shape index (κ2) is 6.56. The van der Waals surface area contributed by atoms with Gasteiger partial charge < -0.3 is 31.9 Å². The standard InChI is InChI=1S/C21H23N3O7/c1-24(2)15-9-6-7-5-8-10(22)3-4-11(25)13(8)16(26)12(7)18(28)21(9,31)19(29)14(17(15)27)20(23)30/h3-4,7,9,15,25,27-28,31H,5-6,22H2,1-2H3,(H2,23,30)/t7-,9-,15-,21-/m0/s1. The molecule has 4 rings (SSSR count). The van der Waals surface area contributed by atoms with Crippen molar-refractivity contribution in [3.63, 3.8) is 0 Å². The summed E-state index contributed by atoms with van der Waals surface area (Å²) in [6.45, 7) is 0. The predicted molar refractivity (Wildman–Crippen MR) is 108 cm³/mol. The summed E-state index contributed by atoms with van der Waals surface area (Å²) in [4.78, 5) is 39.7. The van der Waals surface area contributed by atoms with Gasteiger partial charge >= 0.3 is 0 Å². The van der Waals surface area contributed by atoms with Gasteiger partial charge in [-0.15, -0.1) is 0 Å². The lowest BCUT2D eigenvalue weighted by Crippen LogP contribution is -2.63. The minimum atomic E-state index is -2.64. The van der Waals surface area contributed by atoms with Crippen LogP contribution >= 0.6 is 0 Å². The third-order valence-corrected chi connectivity index (χ3v) is 6.64. The number of fused-ring (bicyclic) bond motifs is 3. The highest BCUT2D eigenvalue weighted by Gasteiger charge is 2.63. The molecule has 0 saturated heterocycles. The molecule has 0 bridgehead atoms. The summed E-state index contributed by atoms with van der Waals surface area (Å²) in [5.41, 5.74) is 8.22. The molecular formula is C21H23N3O7. The number of aliphatic hydroxyl groups excluding tert-OH is 2. The summed E-state index contributed by atoms with van der Waals surface area (Å²) in [5.74, 6) is -6.80. The molecule has 10 nitrogen and oxygen atoms in total. The van der Waals surface area contributed by atoms with Crippen molar-refractivity contribution in [2.75, 3.05) is 19.8 Å². The number of primary amides is 1. The van der Waals surface area contributed by atoms with Gasteiger partial charge in [-0.25, -0.2) is 0 Å². The smallest absolute Gasteiger partial charge is 0.255 e. The molecule has 0 saturated carbocycles. The van der Waals surface area contributed by atoms with Crippen molar-refractivity contribution in [3.05, 3.63) is 45.9 Å². The van der Waals surface area contributed by atoms with Crippen molar-refractivity contribution < 1.29 is 34.8 Å². The number of aromatic hydroxyl groups is 1. The van der Waals surface area contributed by atoms with E-state index < -0.39 is 58.0 Å². The Balaban J connectivity index is 1.98. The molecule has 1 aromatic rings. The fraction of sp³-hybridized carbons (Fsp3) is 0.381. The molecule has 0 fully saturated rings. The molecule has 4 atom stereocenters. The molecule has 164 valence electrons. The Kier molecular flexibility index (Phi) is 4.42. The van der Waals surface area contributed by atoms with Gasteiger partial charge in [-0.2, -0.15) is 0 Å². The van der Waals surface area contributed by atoms with E-state index in [4.69, 9.17) is 11.5 Å². The number of hydrogen-bond acceptors (Lipinski definition) is 9. The Bertz CT molecular complexity index is 1120. The summed E-state index contributed by atoms with van der Waals surface area (Å²) in [6.07, 6.45) is 0.204.